The number of hydrogen-bond donors (Lipinski definition) is 2. The number of benzene rings is 2. The zero-order valence-corrected chi connectivity index (χ0v) is 17.4. The van der Waals surface area contributed by atoms with Crippen LogP contribution < -0.4 is 11.1 Å². The van der Waals surface area contributed by atoms with Crippen molar-refractivity contribution in [2.45, 2.75) is 25.7 Å². The van der Waals surface area contributed by atoms with Crippen LogP contribution in [0.15, 0.2) is 41.3 Å². The Morgan fingerprint density at radius 2 is 1.68 bits per heavy atom. The van der Waals surface area contributed by atoms with E-state index in [1.165, 1.54) is 16.7 Å². The number of carbonyl (C=O) groups excluding carboxylic acids is 3. The summed E-state index contributed by atoms with van der Waals surface area (Å²) in [6.45, 7) is 5.81. The lowest BCUT2D eigenvalue weighted by atomic mass is 10.1. The Hall–Kier alpha value is -2.80. The summed E-state index contributed by atoms with van der Waals surface area (Å²) in [7, 11) is 1.58. The van der Waals surface area contributed by atoms with Crippen molar-refractivity contribution in [3.8, 4) is 0 Å². The van der Waals surface area contributed by atoms with E-state index in [2.05, 4.69) is 5.32 Å². The number of amides is 3. The number of hydrogen-bond acceptors (Lipinski definition) is 4. The fraction of sp³-hybridized carbons (Fsp3) is 0.286. The molecule has 0 fully saturated rings. The normalized spacial score (nSPS) is 10.4. The van der Waals surface area contributed by atoms with Crippen LogP contribution in [0.1, 0.15) is 27.0 Å². The van der Waals surface area contributed by atoms with Gasteiger partial charge in [-0.05, 0) is 44.0 Å². The lowest BCUT2D eigenvalue weighted by molar-refractivity contribution is -0.117. The largest absolute Gasteiger partial charge is 0.369 e. The monoisotopic (exact) mass is 399 g/mol. The molecule has 0 heterocycles. The van der Waals surface area contributed by atoms with Crippen LogP contribution in [-0.4, -0.2) is 42.0 Å². The number of likely N-dealkylation sites (N-methyl/N-ethyl adjacent to an activating group) is 1. The van der Waals surface area contributed by atoms with Gasteiger partial charge in [0.1, 0.15) is 0 Å². The van der Waals surface area contributed by atoms with Crippen molar-refractivity contribution in [2.75, 3.05) is 24.7 Å². The second kappa shape index (κ2) is 9.41. The summed E-state index contributed by atoms with van der Waals surface area (Å²) in [4.78, 5) is 38.3. The van der Waals surface area contributed by atoms with E-state index >= 15 is 0 Å². The summed E-state index contributed by atoms with van der Waals surface area (Å²) in [5, 5.41) is 2.90. The molecule has 0 saturated carbocycles. The predicted molar refractivity (Wildman–Crippen MR) is 113 cm³/mol. The summed E-state index contributed by atoms with van der Waals surface area (Å²) in [6, 6.07) is 11.0. The molecule has 2 aromatic carbocycles. The highest BCUT2D eigenvalue weighted by Crippen LogP contribution is 2.24. The van der Waals surface area contributed by atoms with Gasteiger partial charge in [-0.15, -0.1) is 11.8 Å². The highest BCUT2D eigenvalue weighted by Gasteiger charge is 2.19. The fourth-order valence-corrected chi connectivity index (χ4v) is 3.75. The fourth-order valence-electron chi connectivity index (χ4n) is 2.97. The van der Waals surface area contributed by atoms with E-state index in [9.17, 15) is 14.4 Å². The highest BCUT2D eigenvalue weighted by atomic mass is 32.2. The quantitative estimate of drug-likeness (QED) is 0.700. The van der Waals surface area contributed by atoms with Gasteiger partial charge in [-0.2, -0.15) is 0 Å². The summed E-state index contributed by atoms with van der Waals surface area (Å²) < 4.78 is 0. The van der Waals surface area contributed by atoms with Gasteiger partial charge in [0, 0.05) is 17.6 Å². The van der Waals surface area contributed by atoms with Gasteiger partial charge in [-0.1, -0.05) is 29.8 Å². The number of primary amides is 1. The Balaban J connectivity index is 2.09. The van der Waals surface area contributed by atoms with Crippen LogP contribution >= 0.6 is 11.8 Å². The van der Waals surface area contributed by atoms with Gasteiger partial charge in [-0.3, -0.25) is 14.4 Å². The van der Waals surface area contributed by atoms with Crippen molar-refractivity contribution in [2.24, 2.45) is 5.73 Å². The van der Waals surface area contributed by atoms with E-state index in [1.54, 1.807) is 31.3 Å². The Labute approximate surface area is 169 Å². The zero-order chi connectivity index (χ0) is 20.8. The van der Waals surface area contributed by atoms with Gasteiger partial charge >= 0.3 is 0 Å². The molecule has 0 aliphatic rings. The number of nitrogens with zero attached hydrogens (tertiary/aromatic N) is 1. The molecule has 0 aliphatic heterocycles. The Morgan fingerprint density at radius 1 is 1.07 bits per heavy atom. The molecule has 2 rings (SSSR count). The first-order chi connectivity index (χ1) is 13.2. The number of aryl methyl sites for hydroxylation is 3. The molecule has 3 amide bonds. The molecule has 0 aliphatic carbocycles. The van der Waals surface area contributed by atoms with Gasteiger partial charge in [0.15, 0.2) is 0 Å². The van der Waals surface area contributed by atoms with E-state index in [0.717, 1.165) is 22.4 Å². The molecule has 0 radical (unpaired) electrons. The van der Waals surface area contributed by atoms with Crippen LogP contribution in [0.4, 0.5) is 5.69 Å². The molecule has 6 nitrogen and oxygen atoms in total. The summed E-state index contributed by atoms with van der Waals surface area (Å²) in [6.07, 6.45) is 0. The van der Waals surface area contributed by atoms with Crippen LogP contribution in [0.3, 0.4) is 0 Å². The van der Waals surface area contributed by atoms with Crippen LogP contribution in [-0.2, 0) is 9.59 Å². The molecule has 7 heteroatoms. The third-order valence-electron chi connectivity index (χ3n) is 4.16. The number of rotatable bonds is 7. The maximum Gasteiger partial charge on any atom is 0.255 e. The second-order valence-corrected chi connectivity index (χ2v) is 7.75. The summed E-state index contributed by atoms with van der Waals surface area (Å²) in [5.41, 5.74) is 9.49. The summed E-state index contributed by atoms with van der Waals surface area (Å²) in [5.74, 6) is -0.933. The first kappa shape index (κ1) is 21.5. The van der Waals surface area contributed by atoms with E-state index in [1.807, 2.05) is 32.9 Å². The van der Waals surface area contributed by atoms with Gasteiger partial charge < -0.3 is 16.0 Å². The Morgan fingerprint density at radius 3 is 2.29 bits per heavy atom. The maximum atomic E-state index is 12.8. The number of anilines is 1. The minimum Gasteiger partial charge on any atom is -0.369 e. The smallest absolute Gasteiger partial charge is 0.255 e. The van der Waals surface area contributed by atoms with E-state index < -0.39 is 5.91 Å². The van der Waals surface area contributed by atoms with Crippen LogP contribution in [0.25, 0.3) is 0 Å². The third-order valence-corrected chi connectivity index (χ3v) is 5.25. The highest BCUT2D eigenvalue weighted by molar-refractivity contribution is 8.00. The number of nitrogens with two attached hydrogens (primary N) is 1. The zero-order valence-electron chi connectivity index (χ0n) is 16.5. The minimum absolute atomic E-state index is 0.0829. The van der Waals surface area contributed by atoms with E-state index in [-0.39, 0.29) is 24.1 Å². The molecule has 148 valence electrons. The van der Waals surface area contributed by atoms with Crippen molar-refractivity contribution in [1.82, 2.24) is 4.90 Å². The van der Waals surface area contributed by atoms with Gasteiger partial charge in [0.2, 0.25) is 11.8 Å². The molecule has 28 heavy (non-hydrogen) atoms. The second-order valence-electron chi connectivity index (χ2n) is 6.73. The maximum absolute atomic E-state index is 12.8. The first-order valence-corrected chi connectivity index (χ1v) is 9.81. The lowest BCUT2D eigenvalue weighted by Crippen LogP contribution is -2.35. The van der Waals surface area contributed by atoms with Crippen molar-refractivity contribution in [3.05, 3.63) is 58.7 Å². The average molecular weight is 400 g/mol. The van der Waals surface area contributed by atoms with Crippen molar-refractivity contribution < 1.29 is 14.4 Å². The average Bonchev–Trinajstić information content (AvgIpc) is 2.62. The molecule has 0 saturated heterocycles. The van der Waals surface area contributed by atoms with Crippen LogP contribution in [0, 0.1) is 20.8 Å². The predicted octanol–water partition coefficient (Wildman–Crippen LogP) is 2.90. The molecule has 2 aromatic rings. The van der Waals surface area contributed by atoms with Crippen molar-refractivity contribution >= 4 is 35.2 Å². The Bertz CT molecular complexity index is 889. The first-order valence-electron chi connectivity index (χ1n) is 8.82. The minimum atomic E-state index is -0.455. The van der Waals surface area contributed by atoms with Crippen LogP contribution in [0.5, 0.6) is 0 Å². The third kappa shape index (κ3) is 5.60. The summed E-state index contributed by atoms with van der Waals surface area (Å²) >= 11 is 1.21. The molecule has 0 unspecified atom stereocenters. The molecular weight excluding hydrogens is 374 g/mol. The van der Waals surface area contributed by atoms with Gasteiger partial charge in [0.05, 0.1) is 17.9 Å². The topological polar surface area (TPSA) is 92.5 Å². The molecule has 0 aromatic heterocycles. The number of nitrogens with one attached hydrogen (secondary N) is 1. The SMILES string of the molecule is Cc1cc(C)c(NC(=O)CN(C)C(=O)c2ccccc2SCC(N)=O)c(C)c1. The molecule has 0 atom stereocenters. The van der Waals surface area contributed by atoms with Gasteiger partial charge in [0.25, 0.3) is 5.91 Å². The van der Waals surface area contributed by atoms with Crippen molar-refractivity contribution in [3.63, 3.8) is 0 Å². The number of carbonyl (C=O) groups is 3. The van der Waals surface area contributed by atoms with E-state index in [0.29, 0.717) is 10.5 Å². The van der Waals surface area contributed by atoms with Crippen LogP contribution in [0.2, 0.25) is 0 Å². The molecule has 0 spiro atoms. The Kier molecular flexibility index (Phi) is 7.23. The van der Waals surface area contributed by atoms with Crippen molar-refractivity contribution in [1.29, 1.82) is 0 Å². The molecular formula is C21H25N3O3S. The van der Waals surface area contributed by atoms with Gasteiger partial charge in [-0.25, -0.2) is 0 Å². The number of thioether (sulfide) groups is 1. The standard InChI is InChI=1S/C21H25N3O3S/c1-13-9-14(2)20(15(3)10-13)23-19(26)11-24(4)21(27)16-7-5-6-8-17(16)28-12-18(22)25/h5-10H,11-12H2,1-4H3,(H2,22,25)(H,23,26). The van der Waals surface area contributed by atoms with E-state index in [4.69, 9.17) is 5.73 Å². The lowest BCUT2D eigenvalue weighted by Gasteiger charge is -2.19. The molecule has 0 bridgehead atoms. The molecule has 3 N–H and O–H groups in total.